The third-order valence-corrected chi connectivity index (χ3v) is 9.05. The Hall–Kier alpha value is -3.36. The van der Waals surface area contributed by atoms with Crippen LogP contribution in [-0.4, -0.2) is 63.8 Å². The standard InChI is InChI=1S/C24H29NO5S.C12H19N/c1-27-22-13-18(14-23-24(22)30-16-29-23)19-12-21(25(15-19)8-9-26)17-4-6-20(7-5-17)28-10-3-11-31-2;1-5-10-7-9(3)8-11(6-2)12(10)13-4/h4-7,9,13-14,19,21H,3,8,10-12,15-16H2,1-2H3;7-8,13H,5-6H2,1-4H3/t19-,21-;/m1./s1. The van der Waals surface area contributed by atoms with E-state index in [0.29, 0.717) is 18.0 Å². The van der Waals surface area contributed by atoms with Gasteiger partial charge in [-0.25, -0.2) is 0 Å². The van der Waals surface area contributed by atoms with Gasteiger partial charge in [0.05, 0.1) is 20.3 Å². The number of aldehydes is 1. The average Bonchev–Trinajstić information content (AvgIpc) is 3.70. The Morgan fingerprint density at radius 3 is 2.39 bits per heavy atom. The summed E-state index contributed by atoms with van der Waals surface area (Å²) in [6.45, 7) is 8.73. The average molecular weight is 621 g/mol. The molecule has 238 valence electrons. The molecule has 2 aliphatic rings. The molecule has 0 aliphatic carbocycles. The van der Waals surface area contributed by atoms with Crippen LogP contribution in [-0.2, 0) is 17.6 Å². The molecular weight excluding hydrogens is 572 g/mol. The molecule has 0 bridgehead atoms. The summed E-state index contributed by atoms with van der Waals surface area (Å²) in [6, 6.07) is 17.1. The number of carbonyl (C=O) groups is 1. The van der Waals surface area contributed by atoms with Gasteiger partial charge >= 0.3 is 0 Å². The summed E-state index contributed by atoms with van der Waals surface area (Å²) in [6.07, 6.45) is 7.26. The molecule has 0 unspecified atom stereocenters. The maximum atomic E-state index is 11.3. The number of benzene rings is 3. The first kappa shape index (κ1) is 33.5. The fourth-order valence-corrected chi connectivity index (χ4v) is 6.58. The second-order valence-electron chi connectivity index (χ2n) is 11.2. The minimum absolute atomic E-state index is 0.178. The van der Waals surface area contributed by atoms with Gasteiger partial charge in [-0.05, 0) is 97.1 Å². The maximum absolute atomic E-state index is 11.3. The van der Waals surface area contributed by atoms with Crippen LogP contribution in [0.3, 0.4) is 0 Å². The Morgan fingerprint density at radius 2 is 1.77 bits per heavy atom. The van der Waals surface area contributed by atoms with Gasteiger partial charge in [0, 0.05) is 25.3 Å². The zero-order valence-corrected chi connectivity index (χ0v) is 27.9. The summed E-state index contributed by atoms with van der Waals surface area (Å²) in [5.41, 5.74) is 7.91. The maximum Gasteiger partial charge on any atom is 0.231 e. The summed E-state index contributed by atoms with van der Waals surface area (Å²) < 4.78 is 22.5. The lowest BCUT2D eigenvalue weighted by molar-refractivity contribution is -0.109. The van der Waals surface area contributed by atoms with Gasteiger partial charge in [0.15, 0.2) is 11.5 Å². The molecule has 0 radical (unpaired) electrons. The predicted molar refractivity (Wildman–Crippen MR) is 181 cm³/mol. The fraction of sp³-hybridized carbons (Fsp3) is 0.472. The molecule has 0 saturated carbocycles. The van der Waals surface area contributed by atoms with Gasteiger partial charge in [0.1, 0.15) is 12.0 Å². The molecule has 8 heteroatoms. The summed E-state index contributed by atoms with van der Waals surface area (Å²) in [5.74, 6) is 4.35. The number of ether oxygens (including phenoxy) is 4. The van der Waals surface area contributed by atoms with Crippen molar-refractivity contribution in [3.8, 4) is 23.0 Å². The van der Waals surface area contributed by atoms with Crippen molar-refractivity contribution in [2.45, 2.75) is 58.4 Å². The van der Waals surface area contributed by atoms with E-state index in [4.69, 9.17) is 18.9 Å². The highest BCUT2D eigenvalue weighted by Crippen LogP contribution is 2.47. The van der Waals surface area contributed by atoms with Crippen LogP contribution in [0.4, 0.5) is 5.69 Å². The Balaban J connectivity index is 0.000000285. The number of anilines is 1. The Morgan fingerprint density at radius 1 is 1.05 bits per heavy atom. The first-order valence-corrected chi connectivity index (χ1v) is 17.0. The number of fused-ring (bicyclic) bond motifs is 1. The number of nitrogens with zero attached hydrogens (tertiary/aromatic N) is 1. The van der Waals surface area contributed by atoms with E-state index in [1.54, 1.807) is 7.11 Å². The quantitative estimate of drug-likeness (QED) is 0.156. The van der Waals surface area contributed by atoms with E-state index >= 15 is 0 Å². The third-order valence-electron chi connectivity index (χ3n) is 8.35. The molecule has 1 saturated heterocycles. The van der Waals surface area contributed by atoms with Gasteiger partial charge in [-0.15, -0.1) is 0 Å². The lowest BCUT2D eigenvalue weighted by Gasteiger charge is -2.22. The smallest absolute Gasteiger partial charge is 0.231 e. The van der Waals surface area contributed by atoms with Crippen LogP contribution in [0.1, 0.15) is 66.5 Å². The molecule has 44 heavy (non-hydrogen) atoms. The highest BCUT2D eigenvalue weighted by Gasteiger charge is 2.35. The number of carbonyl (C=O) groups excluding carboxylic acids is 1. The topological polar surface area (TPSA) is 69.3 Å². The van der Waals surface area contributed by atoms with E-state index in [2.05, 4.69) is 61.5 Å². The second-order valence-corrected chi connectivity index (χ2v) is 12.2. The van der Waals surface area contributed by atoms with Gasteiger partial charge < -0.3 is 29.1 Å². The molecule has 2 atom stereocenters. The van der Waals surface area contributed by atoms with Crippen molar-refractivity contribution in [3.63, 3.8) is 0 Å². The first-order valence-electron chi connectivity index (χ1n) is 15.6. The number of aryl methyl sites for hydroxylation is 3. The molecule has 5 rings (SSSR count). The summed E-state index contributed by atoms with van der Waals surface area (Å²) in [4.78, 5) is 13.6. The molecular formula is C36H48N2O5S. The zero-order valence-electron chi connectivity index (χ0n) is 27.1. The van der Waals surface area contributed by atoms with Gasteiger partial charge in [-0.2, -0.15) is 11.8 Å². The highest BCUT2D eigenvalue weighted by atomic mass is 32.2. The highest BCUT2D eigenvalue weighted by molar-refractivity contribution is 7.98. The van der Waals surface area contributed by atoms with Gasteiger partial charge in [-0.1, -0.05) is 43.7 Å². The number of hydrogen-bond donors (Lipinski definition) is 1. The number of likely N-dealkylation sites (tertiary alicyclic amines) is 1. The lowest BCUT2D eigenvalue weighted by atomic mass is 9.93. The molecule has 3 aromatic carbocycles. The molecule has 2 heterocycles. The van der Waals surface area contributed by atoms with Crippen LogP contribution in [0.5, 0.6) is 23.0 Å². The molecule has 0 amide bonds. The van der Waals surface area contributed by atoms with Crippen molar-refractivity contribution in [2.75, 3.05) is 58.0 Å². The largest absolute Gasteiger partial charge is 0.494 e. The molecule has 7 nitrogen and oxygen atoms in total. The van der Waals surface area contributed by atoms with Crippen LogP contribution in [0.25, 0.3) is 0 Å². The molecule has 2 aliphatic heterocycles. The number of thioether (sulfide) groups is 1. The summed E-state index contributed by atoms with van der Waals surface area (Å²) >= 11 is 1.83. The molecule has 0 aromatic heterocycles. The minimum atomic E-state index is 0.178. The Labute approximate surface area is 267 Å². The molecule has 0 spiro atoms. The monoisotopic (exact) mass is 620 g/mol. The van der Waals surface area contributed by atoms with E-state index in [9.17, 15) is 4.79 Å². The fourth-order valence-electron chi connectivity index (χ4n) is 6.18. The van der Waals surface area contributed by atoms with E-state index < -0.39 is 0 Å². The second kappa shape index (κ2) is 16.6. The minimum Gasteiger partial charge on any atom is -0.494 e. The number of methoxy groups -OCH3 is 1. The van der Waals surface area contributed by atoms with Crippen LogP contribution in [0.2, 0.25) is 0 Å². The summed E-state index contributed by atoms with van der Waals surface area (Å²) in [5, 5.41) is 3.29. The number of nitrogens with one attached hydrogen (secondary N) is 1. The van der Waals surface area contributed by atoms with Crippen LogP contribution in [0, 0.1) is 6.92 Å². The van der Waals surface area contributed by atoms with Crippen LogP contribution >= 0.6 is 11.8 Å². The van der Waals surface area contributed by atoms with Crippen molar-refractivity contribution < 1.29 is 23.7 Å². The SMILES string of the molecule is CCc1cc(C)cc(CC)c1NC.COc1cc([C@@H]2C[C@H](c3ccc(OCCCSC)cc3)N(CC=O)C2)cc2c1OCO2. The Kier molecular flexibility index (Phi) is 12.7. The Bertz CT molecular complexity index is 1340. The van der Waals surface area contributed by atoms with E-state index in [1.807, 2.05) is 43.1 Å². The summed E-state index contributed by atoms with van der Waals surface area (Å²) in [7, 11) is 3.64. The number of hydrogen-bond acceptors (Lipinski definition) is 8. The zero-order chi connectivity index (χ0) is 31.5. The first-order chi connectivity index (χ1) is 21.5. The van der Waals surface area contributed by atoms with Crippen molar-refractivity contribution in [1.82, 2.24) is 4.90 Å². The van der Waals surface area contributed by atoms with Gasteiger partial charge in [-0.3, -0.25) is 4.90 Å². The molecule has 1 N–H and O–H groups in total. The van der Waals surface area contributed by atoms with Crippen LogP contribution in [0.15, 0.2) is 48.5 Å². The van der Waals surface area contributed by atoms with E-state index in [-0.39, 0.29) is 18.8 Å². The van der Waals surface area contributed by atoms with Crippen molar-refractivity contribution in [1.29, 1.82) is 0 Å². The number of rotatable bonds is 13. The van der Waals surface area contributed by atoms with Gasteiger partial charge in [0.25, 0.3) is 0 Å². The van der Waals surface area contributed by atoms with Crippen molar-refractivity contribution >= 4 is 23.7 Å². The normalized spacial score (nSPS) is 17.1. The van der Waals surface area contributed by atoms with Crippen molar-refractivity contribution in [2.24, 2.45) is 0 Å². The lowest BCUT2D eigenvalue weighted by Crippen LogP contribution is -2.25. The third kappa shape index (κ3) is 8.21. The van der Waals surface area contributed by atoms with Gasteiger partial charge in [0.2, 0.25) is 12.5 Å². The van der Waals surface area contributed by atoms with E-state index in [0.717, 1.165) is 67.9 Å². The predicted octanol–water partition coefficient (Wildman–Crippen LogP) is 7.45. The molecule has 3 aromatic rings. The van der Waals surface area contributed by atoms with Crippen LogP contribution < -0.4 is 24.3 Å². The molecule has 1 fully saturated rings. The van der Waals surface area contributed by atoms with E-state index in [1.165, 1.54) is 27.9 Å². The van der Waals surface area contributed by atoms with Crippen molar-refractivity contribution in [3.05, 3.63) is 76.3 Å².